The number of methoxy groups -OCH3 is 1. The fourth-order valence-corrected chi connectivity index (χ4v) is 5.13. The summed E-state index contributed by atoms with van der Waals surface area (Å²) in [4.78, 5) is 12.7. The number of hydrogen-bond donors (Lipinski definition) is 4. The Labute approximate surface area is 213 Å². The monoisotopic (exact) mass is 509 g/mol. The Kier molecular flexibility index (Phi) is 11.7. The molecule has 6 atom stereocenters. The lowest BCUT2D eigenvalue weighted by molar-refractivity contribution is -0.112. The van der Waals surface area contributed by atoms with Gasteiger partial charge in [0.2, 0.25) is 0 Å². The third-order valence-electron chi connectivity index (χ3n) is 7.13. The van der Waals surface area contributed by atoms with Crippen LogP contribution in [0.4, 0.5) is 14.5 Å². The lowest BCUT2D eigenvalue weighted by atomic mass is 9.82. The van der Waals surface area contributed by atoms with E-state index < -0.39 is 29.6 Å². The third-order valence-corrected chi connectivity index (χ3v) is 7.13. The highest BCUT2D eigenvalue weighted by Gasteiger charge is 2.28. The van der Waals surface area contributed by atoms with Crippen LogP contribution in [0.1, 0.15) is 52.5 Å². The summed E-state index contributed by atoms with van der Waals surface area (Å²) in [5.41, 5.74) is 1.57. The molecule has 0 unspecified atom stereocenters. The fourth-order valence-electron chi connectivity index (χ4n) is 5.13. The number of aliphatic hydroxyl groups is 3. The average molecular weight is 510 g/mol. The molecule has 1 aliphatic rings. The van der Waals surface area contributed by atoms with E-state index in [0.29, 0.717) is 24.8 Å². The zero-order valence-corrected chi connectivity index (χ0v) is 21.9. The molecule has 1 aliphatic heterocycles. The molecule has 0 spiro atoms. The van der Waals surface area contributed by atoms with Crippen molar-refractivity contribution in [3.63, 3.8) is 0 Å². The van der Waals surface area contributed by atoms with E-state index in [2.05, 4.69) is 5.32 Å². The Hall–Kier alpha value is -2.13. The van der Waals surface area contributed by atoms with Gasteiger partial charge >= 0.3 is 0 Å². The molecule has 0 aromatic heterocycles. The number of fused-ring (bicyclic) bond motifs is 2. The second kappa shape index (κ2) is 14.0. The van der Waals surface area contributed by atoms with Crippen LogP contribution in [0.15, 0.2) is 35.4 Å². The van der Waals surface area contributed by atoms with Gasteiger partial charge in [0.15, 0.2) is 11.6 Å². The second-order valence-corrected chi connectivity index (χ2v) is 10.2. The van der Waals surface area contributed by atoms with Gasteiger partial charge in [-0.05, 0) is 62.7 Å². The molecule has 36 heavy (non-hydrogen) atoms. The van der Waals surface area contributed by atoms with E-state index in [4.69, 9.17) is 4.74 Å². The fraction of sp³-hybridized carbons (Fsp3) is 0.607. The molecule has 0 saturated heterocycles. The molecule has 0 aliphatic carbocycles. The predicted octanol–water partition coefficient (Wildman–Crippen LogP) is 4.39. The van der Waals surface area contributed by atoms with Crippen LogP contribution in [0.3, 0.4) is 0 Å². The molecule has 2 bridgehead atoms. The Balaban J connectivity index is 2.47. The number of carbonyl (C=O) groups is 1. The minimum absolute atomic E-state index is 0.117. The van der Waals surface area contributed by atoms with Crippen molar-refractivity contribution in [2.24, 2.45) is 23.7 Å². The zero-order chi connectivity index (χ0) is 27.0. The molecule has 1 aromatic carbocycles. The van der Waals surface area contributed by atoms with Crippen molar-refractivity contribution in [3.05, 3.63) is 52.6 Å². The maximum atomic E-state index is 14.6. The summed E-state index contributed by atoms with van der Waals surface area (Å²) >= 11 is 0. The van der Waals surface area contributed by atoms with Gasteiger partial charge in [-0.25, -0.2) is 8.78 Å². The molecule has 1 amide bonds. The zero-order valence-electron chi connectivity index (χ0n) is 21.9. The number of aliphatic hydroxyl groups excluding tert-OH is 3. The van der Waals surface area contributed by atoms with Crippen molar-refractivity contribution in [3.8, 4) is 0 Å². The predicted molar refractivity (Wildman–Crippen MR) is 136 cm³/mol. The third kappa shape index (κ3) is 7.93. The normalized spacial score (nSPS) is 32.2. The number of hydrogen-bond acceptors (Lipinski definition) is 5. The first-order valence-electron chi connectivity index (χ1n) is 12.6. The van der Waals surface area contributed by atoms with Gasteiger partial charge < -0.3 is 25.4 Å². The van der Waals surface area contributed by atoms with Gasteiger partial charge in [0.25, 0.3) is 5.91 Å². The van der Waals surface area contributed by atoms with Crippen LogP contribution in [0.5, 0.6) is 0 Å². The Morgan fingerprint density at radius 1 is 1.11 bits per heavy atom. The van der Waals surface area contributed by atoms with Gasteiger partial charge in [0.05, 0.1) is 12.2 Å². The van der Waals surface area contributed by atoms with Crippen LogP contribution in [0.2, 0.25) is 0 Å². The molecule has 2 rings (SSSR count). The number of nitrogens with one attached hydrogen (secondary N) is 1. The number of amides is 1. The van der Waals surface area contributed by atoms with E-state index in [1.807, 2.05) is 26.8 Å². The topological polar surface area (TPSA) is 99.0 Å². The summed E-state index contributed by atoms with van der Waals surface area (Å²) in [6.07, 6.45) is 4.02. The molecule has 1 aromatic rings. The van der Waals surface area contributed by atoms with Gasteiger partial charge in [0, 0.05) is 55.4 Å². The first-order valence-corrected chi connectivity index (χ1v) is 12.6. The molecule has 6 nitrogen and oxygen atoms in total. The van der Waals surface area contributed by atoms with Gasteiger partial charge in [-0.2, -0.15) is 0 Å². The van der Waals surface area contributed by atoms with Crippen LogP contribution in [-0.2, 0) is 16.0 Å². The molecular formula is C28H41F2NO5. The SMILES string of the molecule is CO[C@H]1/C(C)=C/[C@H](C)[C@@H](O)[C@@H](CO)C[C@H](C)Cc2cc(cc(F)c2F)NC(=O)/C(C)=C/CC[C@@H]1CO. The molecule has 1 heterocycles. The number of allylic oxidation sites excluding steroid dienone is 1. The van der Waals surface area contributed by atoms with E-state index in [0.717, 1.165) is 11.6 Å². The standard InChI is InChI=1S/C28H41F2NO5/c1-16-9-21-12-23(13-24(29)25(21)30)31-28(35)17(2)7-6-8-20(14-32)27(36-5)19(4)11-18(3)26(34)22(10-16)15-33/h7,11-13,16,18,20,22,26-27,32-34H,6,8-10,14-15H2,1-5H3,(H,31,35)/b17-7+,19-11+/t16-,18+,20-,22-,26-,27+/m1/s1. The first-order chi connectivity index (χ1) is 17.0. The number of halogens is 2. The summed E-state index contributed by atoms with van der Waals surface area (Å²) in [6.45, 7) is 6.86. The Morgan fingerprint density at radius 2 is 1.78 bits per heavy atom. The van der Waals surface area contributed by atoms with Crippen molar-refractivity contribution in [1.82, 2.24) is 0 Å². The molecular weight excluding hydrogens is 468 g/mol. The maximum Gasteiger partial charge on any atom is 0.250 e. The number of ether oxygens (including phenoxy) is 1. The molecule has 0 fully saturated rings. The van der Waals surface area contributed by atoms with E-state index in [-0.39, 0.29) is 54.7 Å². The summed E-state index contributed by atoms with van der Waals surface area (Å²) in [5.74, 6) is -3.63. The van der Waals surface area contributed by atoms with Crippen molar-refractivity contribution in [2.45, 2.75) is 65.6 Å². The quantitative estimate of drug-likeness (QED) is 0.453. The number of benzene rings is 1. The van der Waals surface area contributed by atoms with E-state index in [9.17, 15) is 28.9 Å². The Morgan fingerprint density at radius 3 is 2.39 bits per heavy atom. The highest BCUT2D eigenvalue weighted by atomic mass is 19.2. The van der Waals surface area contributed by atoms with Gasteiger partial charge in [-0.3, -0.25) is 4.79 Å². The highest BCUT2D eigenvalue weighted by molar-refractivity contribution is 6.03. The molecule has 0 saturated carbocycles. The van der Waals surface area contributed by atoms with Gasteiger partial charge in [-0.15, -0.1) is 0 Å². The van der Waals surface area contributed by atoms with Crippen molar-refractivity contribution >= 4 is 11.6 Å². The first kappa shape index (κ1) is 30.1. The summed E-state index contributed by atoms with van der Waals surface area (Å²) in [6, 6.07) is 2.39. The molecule has 202 valence electrons. The summed E-state index contributed by atoms with van der Waals surface area (Å²) in [5, 5.41) is 33.6. The largest absolute Gasteiger partial charge is 0.396 e. The van der Waals surface area contributed by atoms with Gasteiger partial charge in [-0.1, -0.05) is 26.0 Å². The Bertz CT molecular complexity index is 948. The van der Waals surface area contributed by atoms with Crippen molar-refractivity contribution in [2.75, 3.05) is 25.6 Å². The van der Waals surface area contributed by atoms with Crippen LogP contribution in [0.25, 0.3) is 0 Å². The van der Waals surface area contributed by atoms with E-state index in [1.165, 1.54) is 6.07 Å². The van der Waals surface area contributed by atoms with E-state index >= 15 is 0 Å². The second-order valence-electron chi connectivity index (χ2n) is 10.2. The van der Waals surface area contributed by atoms with Crippen molar-refractivity contribution < 1.29 is 33.6 Å². The molecule has 4 N–H and O–H groups in total. The summed E-state index contributed by atoms with van der Waals surface area (Å²) in [7, 11) is 1.57. The summed E-state index contributed by atoms with van der Waals surface area (Å²) < 4.78 is 34.6. The minimum Gasteiger partial charge on any atom is -0.396 e. The lowest BCUT2D eigenvalue weighted by Crippen LogP contribution is -2.32. The van der Waals surface area contributed by atoms with Gasteiger partial charge in [0.1, 0.15) is 0 Å². The molecule has 0 radical (unpaired) electrons. The van der Waals surface area contributed by atoms with Crippen LogP contribution in [0, 0.1) is 35.3 Å². The number of rotatable bonds is 3. The van der Waals surface area contributed by atoms with Crippen LogP contribution < -0.4 is 5.32 Å². The number of anilines is 1. The lowest BCUT2D eigenvalue weighted by Gasteiger charge is -2.29. The smallest absolute Gasteiger partial charge is 0.250 e. The van der Waals surface area contributed by atoms with Crippen LogP contribution in [-0.4, -0.2) is 53.8 Å². The highest BCUT2D eigenvalue weighted by Crippen LogP contribution is 2.29. The average Bonchev–Trinajstić information content (AvgIpc) is 2.83. The van der Waals surface area contributed by atoms with E-state index in [1.54, 1.807) is 20.1 Å². The maximum absolute atomic E-state index is 14.6. The number of carbonyl (C=O) groups excluding carboxylic acids is 1. The minimum atomic E-state index is -1.05. The van der Waals surface area contributed by atoms with Crippen molar-refractivity contribution in [1.29, 1.82) is 0 Å². The molecule has 8 heteroatoms. The van der Waals surface area contributed by atoms with Crippen LogP contribution >= 0.6 is 0 Å².